The largest absolute Gasteiger partial charge is 0.370 e. The first-order chi connectivity index (χ1) is 25.3. The standard InChI is InChI=1S/C38H32N8O5S/c1-22-41-42-32-21-51-20-28-27(14-23-6-3-2-4-7-23)31(52-38(28)45(22)32)12-10-24-15-39-44(18-24)19-25-16-43(17-25)29-9-5-8-26-34(29)37(50)46(36(26)49)30-11-13-33(47)40-35(30)48/h2-9,15,18,25,30H,11,13-14,16-17,19-21H2,1H3,(H,40,47,48). The third-order valence-corrected chi connectivity index (χ3v) is 11.2. The summed E-state index contributed by atoms with van der Waals surface area (Å²) in [4.78, 5) is 55.1. The van der Waals surface area contributed by atoms with Gasteiger partial charge in [0.2, 0.25) is 11.8 Å². The van der Waals surface area contributed by atoms with Gasteiger partial charge < -0.3 is 9.64 Å². The van der Waals surface area contributed by atoms with Gasteiger partial charge >= 0.3 is 0 Å². The van der Waals surface area contributed by atoms with E-state index in [9.17, 15) is 19.2 Å². The molecule has 7 heterocycles. The average Bonchev–Trinajstić information content (AvgIpc) is 3.85. The molecule has 4 aliphatic rings. The van der Waals surface area contributed by atoms with Gasteiger partial charge in [-0.1, -0.05) is 48.2 Å². The molecule has 260 valence electrons. The lowest BCUT2D eigenvalue weighted by Crippen LogP contribution is -2.54. The van der Waals surface area contributed by atoms with Crippen molar-refractivity contribution in [2.45, 2.75) is 52.0 Å². The lowest BCUT2D eigenvalue weighted by Gasteiger charge is -2.41. The molecular formula is C38H32N8O5S. The normalized spacial score (nSPS) is 18.3. The minimum absolute atomic E-state index is 0.0799. The summed E-state index contributed by atoms with van der Waals surface area (Å²) in [7, 11) is 0. The third kappa shape index (κ3) is 5.49. The van der Waals surface area contributed by atoms with Crippen LogP contribution in [0, 0.1) is 24.7 Å². The van der Waals surface area contributed by atoms with Crippen molar-refractivity contribution < 1.29 is 23.9 Å². The van der Waals surface area contributed by atoms with Gasteiger partial charge in [0.05, 0.1) is 40.1 Å². The summed E-state index contributed by atoms with van der Waals surface area (Å²) in [6.45, 7) is 4.85. The number of ether oxygens (including phenoxy) is 1. The summed E-state index contributed by atoms with van der Waals surface area (Å²) >= 11 is 1.64. The van der Waals surface area contributed by atoms with E-state index < -0.39 is 29.7 Å². The predicted molar refractivity (Wildman–Crippen MR) is 189 cm³/mol. The zero-order chi connectivity index (χ0) is 35.5. The van der Waals surface area contributed by atoms with E-state index in [0.717, 1.165) is 49.5 Å². The molecular weight excluding hydrogens is 681 g/mol. The molecule has 2 saturated heterocycles. The van der Waals surface area contributed by atoms with E-state index in [1.807, 2.05) is 42.1 Å². The van der Waals surface area contributed by atoms with Crippen LogP contribution in [0.25, 0.3) is 5.00 Å². The number of thiophene rings is 1. The first kappa shape index (κ1) is 32.0. The molecule has 1 unspecified atom stereocenters. The Kier molecular flexibility index (Phi) is 7.82. The molecule has 13 nitrogen and oxygen atoms in total. The maximum absolute atomic E-state index is 13.6. The maximum Gasteiger partial charge on any atom is 0.264 e. The highest BCUT2D eigenvalue weighted by molar-refractivity contribution is 7.15. The number of carbonyl (C=O) groups excluding carboxylic acids is 4. The van der Waals surface area contributed by atoms with Crippen molar-refractivity contribution in [2.24, 2.45) is 5.92 Å². The van der Waals surface area contributed by atoms with E-state index in [2.05, 4.69) is 54.1 Å². The number of rotatable bonds is 6. The van der Waals surface area contributed by atoms with Crippen molar-refractivity contribution in [1.29, 1.82) is 0 Å². The number of hydrogen-bond acceptors (Lipinski definition) is 10. The molecule has 0 radical (unpaired) electrons. The molecule has 4 amide bonds. The molecule has 52 heavy (non-hydrogen) atoms. The van der Waals surface area contributed by atoms with Crippen molar-refractivity contribution in [1.82, 2.24) is 34.8 Å². The third-order valence-electron chi connectivity index (χ3n) is 10.0. The lowest BCUT2D eigenvalue weighted by atomic mass is 9.96. The molecule has 4 aliphatic heterocycles. The van der Waals surface area contributed by atoms with Gasteiger partial charge in [0.1, 0.15) is 23.5 Å². The van der Waals surface area contributed by atoms with Gasteiger partial charge in [-0.3, -0.25) is 38.6 Å². The summed E-state index contributed by atoms with van der Waals surface area (Å²) in [6, 6.07) is 14.6. The van der Waals surface area contributed by atoms with E-state index in [1.165, 1.54) is 5.56 Å². The van der Waals surface area contributed by atoms with Gasteiger partial charge in [-0.05, 0) is 43.0 Å². The molecule has 0 saturated carbocycles. The van der Waals surface area contributed by atoms with Crippen LogP contribution >= 0.6 is 11.3 Å². The minimum Gasteiger partial charge on any atom is -0.370 e. The molecule has 3 aromatic heterocycles. The fraction of sp³-hybridized carbons (Fsp3) is 0.289. The second-order valence-electron chi connectivity index (χ2n) is 13.5. The Morgan fingerprint density at radius 2 is 1.83 bits per heavy atom. The number of piperidine rings is 1. The quantitative estimate of drug-likeness (QED) is 0.207. The fourth-order valence-corrected chi connectivity index (χ4v) is 8.72. The Morgan fingerprint density at radius 3 is 2.65 bits per heavy atom. The van der Waals surface area contributed by atoms with Crippen molar-refractivity contribution in [3.05, 3.63) is 111 Å². The Hall–Kier alpha value is -5.91. The molecule has 14 heteroatoms. The number of hydrogen-bond donors (Lipinski definition) is 1. The fourth-order valence-electron chi connectivity index (χ4n) is 7.48. The van der Waals surface area contributed by atoms with Crippen molar-refractivity contribution in [3.8, 4) is 16.8 Å². The topological polar surface area (TPSA) is 145 Å². The van der Waals surface area contributed by atoms with Gasteiger partial charge in [-0.2, -0.15) is 5.10 Å². The molecule has 0 spiro atoms. The number of aromatic nitrogens is 5. The Bertz CT molecular complexity index is 2360. The number of anilines is 1. The zero-order valence-corrected chi connectivity index (χ0v) is 29.0. The van der Waals surface area contributed by atoms with Crippen molar-refractivity contribution in [3.63, 3.8) is 0 Å². The first-order valence-corrected chi connectivity index (χ1v) is 18.0. The van der Waals surface area contributed by atoms with E-state index in [0.29, 0.717) is 44.1 Å². The van der Waals surface area contributed by atoms with Gasteiger partial charge in [-0.25, -0.2) is 0 Å². The minimum atomic E-state index is -0.996. The van der Waals surface area contributed by atoms with Gasteiger partial charge in [0.15, 0.2) is 5.82 Å². The SMILES string of the molecule is Cc1nnc2n1-c1sc(C#Cc3cnn(CC4CN(c5cccc6c5C(=O)N(C5CCC(=O)NC5=O)C6=O)C4)c3)c(Cc3ccccc3)c1COC2. The van der Waals surface area contributed by atoms with Crippen LogP contribution in [0.1, 0.15) is 72.3 Å². The number of benzene rings is 2. The Morgan fingerprint density at radius 1 is 0.981 bits per heavy atom. The van der Waals surface area contributed by atoms with E-state index in [-0.39, 0.29) is 24.3 Å². The first-order valence-electron chi connectivity index (χ1n) is 17.1. The summed E-state index contributed by atoms with van der Waals surface area (Å²) in [5, 5.41) is 16.5. The second kappa shape index (κ2) is 12.7. The number of nitrogens with zero attached hydrogens (tertiary/aromatic N) is 7. The number of imide groups is 2. The monoisotopic (exact) mass is 712 g/mol. The van der Waals surface area contributed by atoms with Crippen LogP contribution in [0.15, 0.2) is 60.9 Å². The highest BCUT2D eigenvalue weighted by atomic mass is 32.1. The summed E-state index contributed by atoms with van der Waals surface area (Å²) in [5.74, 6) is 6.64. The van der Waals surface area contributed by atoms with E-state index in [4.69, 9.17) is 4.74 Å². The van der Waals surface area contributed by atoms with Crippen LogP contribution in [0.2, 0.25) is 0 Å². The molecule has 5 aromatic rings. The molecule has 9 rings (SSSR count). The van der Waals surface area contributed by atoms with Crippen LogP contribution in [0.3, 0.4) is 0 Å². The molecule has 1 atom stereocenters. The Balaban J connectivity index is 0.908. The molecule has 2 fully saturated rings. The molecule has 1 N–H and O–H groups in total. The summed E-state index contributed by atoms with van der Waals surface area (Å²) in [6.07, 6.45) is 4.67. The number of fused-ring (bicyclic) bond motifs is 4. The smallest absolute Gasteiger partial charge is 0.264 e. The number of amides is 4. The van der Waals surface area contributed by atoms with E-state index >= 15 is 0 Å². The van der Waals surface area contributed by atoms with Crippen LogP contribution in [-0.2, 0) is 40.5 Å². The number of aryl methyl sites for hydroxylation is 1. The van der Waals surface area contributed by atoms with Crippen molar-refractivity contribution >= 4 is 40.7 Å². The second-order valence-corrected chi connectivity index (χ2v) is 14.5. The number of nitrogens with one attached hydrogen (secondary N) is 1. The molecule has 0 aliphatic carbocycles. The highest BCUT2D eigenvalue weighted by Crippen LogP contribution is 2.38. The summed E-state index contributed by atoms with van der Waals surface area (Å²) < 4.78 is 10.0. The van der Waals surface area contributed by atoms with Crippen LogP contribution < -0.4 is 10.2 Å². The zero-order valence-electron chi connectivity index (χ0n) is 28.2. The Labute approximate surface area is 302 Å². The van der Waals surface area contributed by atoms with E-state index in [1.54, 1.807) is 29.7 Å². The number of carbonyl (C=O) groups is 4. The van der Waals surface area contributed by atoms with Gasteiger partial charge in [0, 0.05) is 43.7 Å². The summed E-state index contributed by atoms with van der Waals surface area (Å²) in [5.41, 5.74) is 5.53. The maximum atomic E-state index is 13.6. The lowest BCUT2D eigenvalue weighted by molar-refractivity contribution is -0.136. The van der Waals surface area contributed by atoms with Gasteiger partial charge in [0.25, 0.3) is 11.8 Å². The van der Waals surface area contributed by atoms with Crippen LogP contribution in [0.5, 0.6) is 0 Å². The highest BCUT2D eigenvalue weighted by Gasteiger charge is 2.46. The van der Waals surface area contributed by atoms with Gasteiger partial charge in [-0.15, -0.1) is 21.5 Å². The molecule has 0 bridgehead atoms. The van der Waals surface area contributed by atoms with Crippen LogP contribution in [-0.4, -0.2) is 72.2 Å². The van der Waals surface area contributed by atoms with Crippen LogP contribution in [0.4, 0.5) is 5.69 Å². The van der Waals surface area contributed by atoms with Crippen molar-refractivity contribution in [2.75, 3.05) is 18.0 Å². The molecule has 2 aromatic carbocycles. The average molecular weight is 713 g/mol. The predicted octanol–water partition coefficient (Wildman–Crippen LogP) is 3.39.